The lowest BCUT2D eigenvalue weighted by molar-refractivity contribution is 0.0875. The van der Waals surface area contributed by atoms with Gasteiger partial charge in [-0.15, -0.1) is 0 Å². The molecule has 2 heterocycles. The van der Waals surface area contributed by atoms with E-state index in [0.717, 1.165) is 55.6 Å². The number of anilines is 2. The molecule has 5 nitrogen and oxygen atoms in total. The molecule has 1 unspecified atom stereocenters. The molecule has 0 aromatic carbocycles. The fourth-order valence-electron chi connectivity index (χ4n) is 2.38. The highest BCUT2D eigenvalue weighted by molar-refractivity contribution is 5.58. The normalized spacial score (nSPS) is 19.4. The van der Waals surface area contributed by atoms with Gasteiger partial charge in [0.05, 0.1) is 12.6 Å². The second-order valence-corrected chi connectivity index (χ2v) is 6.71. The van der Waals surface area contributed by atoms with Crippen molar-refractivity contribution in [3.05, 3.63) is 11.4 Å². The van der Waals surface area contributed by atoms with Crippen LogP contribution in [0.3, 0.4) is 0 Å². The zero-order valence-electron chi connectivity index (χ0n) is 13.9. The molecule has 0 saturated carbocycles. The maximum absolute atomic E-state index is 5.55. The zero-order valence-corrected chi connectivity index (χ0v) is 13.9. The van der Waals surface area contributed by atoms with Gasteiger partial charge in [-0.1, -0.05) is 20.8 Å². The molecular weight excluding hydrogens is 264 g/mol. The first-order chi connectivity index (χ1) is 9.91. The highest BCUT2D eigenvalue weighted by atomic mass is 16.5. The molecule has 5 heteroatoms. The number of rotatable bonds is 4. The molecule has 1 aliphatic rings. The molecule has 0 aliphatic carbocycles. The van der Waals surface area contributed by atoms with Crippen LogP contribution in [-0.4, -0.2) is 35.8 Å². The third kappa shape index (κ3) is 4.06. The van der Waals surface area contributed by atoms with Crippen LogP contribution in [0.1, 0.15) is 51.9 Å². The third-order valence-electron chi connectivity index (χ3n) is 3.66. The molecular formula is C16H28N4O. The molecule has 1 fully saturated rings. The van der Waals surface area contributed by atoms with E-state index in [-0.39, 0.29) is 5.41 Å². The first-order valence-corrected chi connectivity index (χ1v) is 7.89. The Kier molecular flexibility index (Phi) is 5.04. The minimum absolute atomic E-state index is 0.0721. The Bertz CT molecular complexity index is 476. The zero-order chi connectivity index (χ0) is 15.5. The Balaban J connectivity index is 2.30. The minimum atomic E-state index is -0.0721. The summed E-state index contributed by atoms with van der Waals surface area (Å²) in [4.78, 5) is 9.46. The molecule has 0 spiro atoms. The monoisotopic (exact) mass is 292 g/mol. The molecule has 2 N–H and O–H groups in total. The SMILES string of the molecule is CCNc1nc(C(C)(C)C)nc(NC2CCCOC2)c1C. The molecule has 1 aromatic heterocycles. The van der Waals surface area contributed by atoms with Crippen molar-refractivity contribution >= 4 is 11.6 Å². The van der Waals surface area contributed by atoms with E-state index in [0.29, 0.717) is 6.04 Å². The average Bonchev–Trinajstić information content (AvgIpc) is 2.43. The Labute approximate surface area is 127 Å². The van der Waals surface area contributed by atoms with Crippen molar-refractivity contribution in [2.24, 2.45) is 0 Å². The van der Waals surface area contributed by atoms with Crippen LogP contribution in [0.15, 0.2) is 0 Å². The van der Waals surface area contributed by atoms with Crippen molar-refractivity contribution in [1.29, 1.82) is 0 Å². The van der Waals surface area contributed by atoms with Crippen LogP contribution in [0.25, 0.3) is 0 Å². The van der Waals surface area contributed by atoms with Gasteiger partial charge in [0.2, 0.25) is 0 Å². The van der Waals surface area contributed by atoms with Gasteiger partial charge < -0.3 is 15.4 Å². The second kappa shape index (κ2) is 6.60. The number of hydrogen-bond acceptors (Lipinski definition) is 5. The standard InChI is InChI=1S/C16H28N4O/c1-6-17-13-11(2)14(18-12-8-7-9-21-10-12)20-15(19-13)16(3,4)5/h12H,6-10H2,1-5H3,(H2,17,18,19,20). The number of ether oxygens (including phenoxy) is 1. The van der Waals surface area contributed by atoms with E-state index < -0.39 is 0 Å². The smallest absolute Gasteiger partial charge is 0.138 e. The Morgan fingerprint density at radius 3 is 2.52 bits per heavy atom. The summed E-state index contributed by atoms with van der Waals surface area (Å²) >= 11 is 0. The maximum atomic E-state index is 5.55. The van der Waals surface area contributed by atoms with Gasteiger partial charge in [0, 0.05) is 24.1 Å². The maximum Gasteiger partial charge on any atom is 0.138 e. The number of nitrogens with zero attached hydrogens (tertiary/aromatic N) is 2. The Morgan fingerprint density at radius 2 is 1.95 bits per heavy atom. The molecule has 0 bridgehead atoms. The highest BCUT2D eigenvalue weighted by Crippen LogP contribution is 2.27. The lowest BCUT2D eigenvalue weighted by Crippen LogP contribution is -2.31. The summed E-state index contributed by atoms with van der Waals surface area (Å²) in [5, 5.41) is 6.89. The van der Waals surface area contributed by atoms with E-state index in [1.807, 2.05) is 0 Å². The van der Waals surface area contributed by atoms with Gasteiger partial charge in [-0.3, -0.25) is 0 Å². The number of hydrogen-bond donors (Lipinski definition) is 2. The summed E-state index contributed by atoms with van der Waals surface area (Å²) < 4.78 is 5.55. The van der Waals surface area contributed by atoms with Gasteiger partial charge in [-0.05, 0) is 26.7 Å². The van der Waals surface area contributed by atoms with E-state index in [9.17, 15) is 0 Å². The Hall–Kier alpha value is -1.36. The first-order valence-electron chi connectivity index (χ1n) is 7.89. The van der Waals surface area contributed by atoms with Crippen molar-refractivity contribution in [1.82, 2.24) is 9.97 Å². The predicted octanol–water partition coefficient (Wildman–Crippen LogP) is 3.11. The molecule has 1 atom stereocenters. The molecule has 1 aliphatic heterocycles. The topological polar surface area (TPSA) is 59.1 Å². The fraction of sp³-hybridized carbons (Fsp3) is 0.750. The minimum Gasteiger partial charge on any atom is -0.379 e. The van der Waals surface area contributed by atoms with Gasteiger partial charge in [0.15, 0.2) is 0 Å². The average molecular weight is 292 g/mol. The molecule has 0 amide bonds. The summed E-state index contributed by atoms with van der Waals surface area (Å²) in [5.74, 6) is 2.72. The largest absolute Gasteiger partial charge is 0.379 e. The van der Waals surface area contributed by atoms with Gasteiger partial charge in [-0.2, -0.15) is 0 Å². The fourth-order valence-corrected chi connectivity index (χ4v) is 2.38. The van der Waals surface area contributed by atoms with Gasteiger partial charge in [0.25, 0.3) is 0 Å². The van der Waals surface area contributed by atoms with Crippen molar-refractivity contribution in [3.8, 4) is 0 Å². The van der Waals surface area contributed by atoms with Crippen LogP contribution in [0.4, 0.5) is 11.6 Å². The summed E-state index contributed by atoms with van der Waals surface area (Å²) in [7, 11) is 0. The van der Waals surface area contributed by atoms with E-state index in [1.165, 1.54) is 0 Å². The van der Waals surface area contributed by atoms with Gasteiger partial charge >= 0.3 is 0 Å². The van der Waals surface area contributed by atoms with Crippen LogP contribution >= 0.6 is 0 Å². The predicted molar refractivity (Wildman–Crippen MR) is 87.1 cm³/mol. The lowest BCUT2D eigenvalue weighted by atomic mass is 9.95. The van der Waals surface area contributed by atoms with Crippen molar-refractivity contribution < 1.29 is 4.74 Å². The highest BCUT2D eigenvalue weighted by Gasteiger charge is 2.22. The van der Waals surface area contributed by atoms with Gasteiger partial charge in [0.1, 0.15) is 17.5 Å². The van der Waals surface area contributed by atoms with Crippen LogP contribution < -0.4 is 10.6 Å². The summed E-state index contributed by atoms with van der Waals surface area (Å²) in [6, 6.07) is 0.342. The van der Waals surface area contributed by atoms with Gasteiger partial charge in [-0.25, -0.2) is 9.97 Å². The van der Waals surface area contributed by atoms with E-state index >= 15 is 0 Å². The Morgan fingerprint density at radius 1 is 1.24 bits per heavy atom. The first kappa shape index (κ1) is 16.0. The van der Waals surface area contributed by atoms with E-state index in [2.05, 4.69) is 45.3 Å². The number of nitrogens with one attached hydrogen (secondary N) is 2. The molecule has 2 rings (SSSR count). The van der Waals surface area contributed by atoms with Crippen LogP contribution in [-0.2, 0) is 10.2 Å². The number of aromatic nitrogens is 2. The lowest BCUT2D eigenvalue weighted by Gasteiger charge is -2.26. The van der Waals surface area contributed by atoms with E-state index in [1.54, 1.807) is 0 Å². The van der Waals surface area contributed by atoms with E-state index in [4.69, 9.17) is 14.7 Å². The quantitative estimate of drug-likeness (QED) is 0.893. The van der Waals surface area contributed by atoms with Crippen LogP contribution in [0.5, 0.6) is 0 Å². The van der Waals surface area contributed by atoms with Crippen molar-refractivity contribution in [3.63, 3.8) is 0 Å². The second-order valence-electron chi connectivity index (χ2n) is 6.71. The van der Waals surface area contributed by atoms with Crippen molar-refractivity contribution in [2.45, 2.75) is 58.9 Å². The molecule has 21 heavy (non-hydrogen) atoms. The summed E-state index contributed by atoms with van der Waals surface area (Å²) in [5.41, 5.74) is 1.01. The summed E-state index contributed by atoms with van der Waals surface area (Å²) in [6.07, 6.45) is 2.23. The third-order valence-corrected chi connectivity index (χ3v) is 3.66. The molecule has 1 saturated heterocycles. The van der Waals surface area contributed by atoms with Crippen molar-refractivity contribution in [2.75, 3.05) is 30.4 Å². The van der Waals surface area contributed by atoms with Crippen LogP contribution in [0.2, 0.25) is 0 Å². The molecule has 1 aromatic rings. The summed E-state index contributed by atoms with van der Waals surface area (Å²) in [6.45, 7) is 13.1. The van der Waals surface area contributed by atoms with Crippen LogP contribution in [0, 0.1) is 6.92 Å². The molecule has 0 radical (unpaired) electrons. The molecule has 118 valence electrons.